The molecule has 28 heavy (non-hydrogen) atoms. The highest BCUT2D eigenvalue weighted by Crippen LogP contribution is 2.33. The van der Waals surface area contributed by atoms with Crippen molar-refractivity contribution in [3.63, 3.8) is 0 Å². The van der Waals surface area contributed by atoms with Crippen LogP contribution >= 0.6 is 0 Å². The lowest BCUT2D eigenvalue weighted by Crippen LogP contribution is -2.38. The third-order valence-electron chi connectivity index (χ3n) is 4.46. The molecule has 0 bridgehead atoms. The van der Waals surface area contributed by atoms with Crippen LogP contribution in [0, 0.1) is 0 Å². The van der Waals surface area contributed by atoms with E-state index < -0.39 is 6.61 Å². The lowest BCUT2D eigenvalue weighted by Gasteiger charge is -2.17. The van der Waals surface area contributed by atoms with Crippen molar-refractivity contribution in [3.05, 3.63) is 23.8 Å². The molecule has 0 saturated carbocycles. The van der Waals surface area contributed by atoms with E-state index in [1.165, 1.54) is 25.9 Å². The van der Waals surface area contributed by atoms with Crippen molar-refractivity contribution in [2.45, 2.75) is 46.3 Å². The molecule has 0 aliphatic carbocycles. The van der Waals surface area contributed by atoms with Crippen LogP contribution in [-0.2, 0) is 6.54 Å². The number of para-hydroxylation sites is 1. The number of guanidine groups is 1. The Balaban J connectivity index is 1.97. The van der Waals surface area contributed by atoms with Crippen LogP contribution in [0.2, 0.25) is 0 Å². The van der Waals surface area contributed by atoms with Crippen LogP contribution < -0.4 is 20.1 Å². The highest BCUT2D eigenvalue weighted by Gasteiger charge is 2.16. The molecule has 6 nitrogen and oxygen atoms in total. The van der Waals surface area contributed by atoms with Gasteiger partial charge in [0, 0.05) is 18.7 Å². The first-order valence-corrected chi connectivity index (χ1v) is 10.1. The summed E-state index contributed by atoms with van der Waals surface area (Å²) in [6.07, 6.45) is 3.62. The van der Waals surface area contributed by atoms with E-state index in [9.17, 15) is 8.78 Å². The van der Waals surface area contributed by atoms with Crippen LogP contribution in [0.1, 0.15) is 38.7 Å². The molecule has 2 rings (SSSR count). The lowest BCUT2D eigenvalue weighted by atomic mass is 10.2. The molecule has 1 heterocycles. The Labute approximate surface area is 166 Å². The fourth-order valence-corrected chi connectivity index (χ4v) is 3.20. The molecular weight excluding hydrogens is 366 g/mol. The number of ether oxygens (including phenoxy) is 2. The second kappa shape index (κ2) is 12.4. The van der Waals surface area contributed by atoms with Crippen molar-refractivity contribution >= 4 is 5.96 Å². The predicted molar refractivity (Wildman–Crippen MR) is 107 cm³/mol. The summed E-state index contributed by atoms with van der Waals surface area (Å²) >= 11 is 0. The number of aliphatic imine (C=N–C) groups is 1. The van der Waals surface area contributed by atoms with Gasteiger partial charge in [-0.25, -0.2) is 4.99 Å². The zero-order valence-corrected chi connectivity index (χ0v) is 16.8. The maximum Gasteiger partial charge on any atom is 0.387 e. The van der Waals surface area contributed by atoms with Gasteiger partial charge >= 0.3 is 6.61 Å². The summed E-state index contributed by atoms with van der Waals surface area (Å²) < 4.78 is 35.8. The molecule has 158 valence electrons. The summed E-state index contributed by atoms with van der Waals surface area (Å²) in [7, 11) is 0. The van der Waals surface area contributed by atoms with Gasteiger partial charge in [0.15, 0.2) is 17.5 Å². The number of nitrogens with one attached hydrogen (secondary N) is 2. The van der Waals surface area contributed by atoms with Crippen LogP contribution in [0.5, 0.6) is 11.5 Å². The Morgan fingerprint density at radius 2 is 2.00 bits per heavy atom. The molecule has 0 amide bonds. The van der Waals surface area contributed by atoms with E-state index in [0.717, 1.165) is 26.1 Å². The summed E-state index contributed by atoms with van der Waals surface area (Å²) in [5.41, 5.74) is 0.556. The second-order valence-corrected chi connectivity index (χ2v) is 6.58. The van der Waals surface area contributed by atoms with Crippen LogP contribution in [0.4, 0.5) is 8.78 Å². The van der Waals surface area contributed by atoms with Gasteiger partial charge < -0.3 is 25.0 Å². The Bertz CT molecular complexity index is 608. The predicted octanol–water partition coefficient (Wildman–Crippen LogP) is 3.23. The van der Waals surface area contributed by atoms with Gasteiger partial charge in [0.25, 0.3) is 0 Å². The largest absolute Gasteiger partial charge is 0.490 e. The molecule has 0 radical (unpaired) electrons. The zero-order valence-electron chi connectivity index (χ0n) is 16.8. The van der Waals surface area contributed by atoms with E-state index in [2.05, 4.69) is 20.5 Å². The Hall–Kier alpha value is -2.09. The molecule has 0 aromatic heterocycles. The zero-order chi connectivity index (χ0) is 20.2. The van der Waals surface area contributed by atoms with Gasteiger partial charge in [-0.15, -0.1) is 0 Å². The lowest BCUT2D eigenvalue weighted by molar-refractivity contribution is -0.0520. The van der Waals surface area contributed by atoms with Gasteiger partial charge in [-0.05, 0) is 58.8 Å². The summed E-state index contributed by atoms with van der Waals surface area (Å²) in [5.74, 6) is 1.01. The third kappa shape index (κ3) is 7.50. The minimum absolute atomic E-state index is 0.0491. The van der Waals surface area contributed by atoms with E-state index in [0.29, 0.717) is 23.9 Å². The number of likely N-dealkylation sites (tertiary alicyclic amines) is 1. The quantitative estimate of drug-likeness (QED) is 0.341. The van der Waals surface area contributed by atoms with Gasteiger partial charge in [0.2, 0.25) is 0 Å². The average Bonchev–Trinajstić information content (AvgIpc) is 3.18. The monoisotopic (exact) mass is 398 g/mol. The fraction of sp³-hybridized carbons (Fsp3) is 0.650. The first-order valence-electron chi connectivity index (χ1n) is 10.1. The molecular formula is C20H32F2N4O2. The molecule has 0 spiro atoms. The first kappa shape index (κ1) is 22.2. The summed E-state index contributed by atoms with van der Waals surface area (Å²) in [5, 5.41) is 6.49. The fourth-order valence-electron chi connectivity index (χ4n) is 3.20. The topological polar surface area (TPSA) is 58.1 Å². The summed E-state index contributed by atoms with van der Waals surface area (Å²) in [6.45, 7) is 6.44. The van der Waals surface area contributed by atoms with Crippen molar-refractivity contribution < 1.29 is 18.3 Å². The normalized spacial score (nSPS) is 15.1. The van der Waals surface area contributed by atoms with Gasteiger partial charge in [-0.1, -0.05) is 12.1 Å². The molecule has 1 aliphatic rings. The number of hydrogen-bond donors (Lipinski definition) is 2. The number of alkyl halides is 2. The standard InChI is InChI=1S/C20H32F2N4O2/c1-3-23-20(24-11-8-14-26-12-5-6-13-26)25-15-16-9-7-10-17(27-4-2)18(16)28-19(21)22/h7,9-10,19H,3-6,8,11-15H2,1-2H3,(H2,23,24,25). The Morgan fingerprint density at radius 3 is 2.68 bits per heavy atom. The number of benzene rings is 1. The number of nitrogens with zero attached hydrogens (tertiary/aromatic N) is 2. The molecule has 0 atom stereocenters. The number of halogens is 2. The highest BCUT2D eigenvalue weighted by molar-refractivity contribution is 5.79. The average molecular weight is 398 g/mol. The highest BCUT2D eigenvalue weighted by atomic mass is 19.3. The van der Waals surface area contributed by atoms with Crippen molar-refractivity contribution in [3.8, 4) is 11.5 Å². The van der Waals surface area contributed by atoms with Gasteiger partial charge in [0.1, 0.15) is 0 Å². The van der Waals surface area contributed by atoms with E-state index in [-0.39, 0.29) is 12.3 Å². The van der Waals surface area contributed by atoms with Gasteiger partial charge in [0.05, 0.1) is 13.2 Å². The van der Waals surface area contributed by atoms with Crippen LogP contribution in [0.25, 0.3) is 0 Å². The van der Waals surface area contributed by atoms with Gasteiger partial charge in [-0.3, -0.25) is 0 Å². The van der Waals surface area contributed by atoms with Crippen LogP contribution in [0.3, 0.4) is 0 Å². The SMILES string of the molecule is CCNC(=NCc1cccc(OCC)c1OC(F)F)NCCCN1CCCC1. The van der Waals surface area contributed by atoms with Crippen molar-refractivity contribution in [2.24, 2.45) is 4.99 Å². The van der Waals surface area contributed by atoms with Crippen LogP contribution in [0.15, 0.2) is 23.2 Å². The number of rotatable bonds is 11. The molecule has 2 N–H and O–H groups in total. The van der Waals surface area contributed by atoms with E-state index in [1.54, 1.807) is 25.1 Å². The second-order valence-electron chi connectivity index (χ2n) is 6.58. The maximum absolute atomic E-state index is 12.8. The first-order chi connectivity index (χ1) is 13.6. The van der Waals surface area contributed by atoms with E-state index >= 15 is 0 Å². The molecule has 1 aromatic carbocycles. The molecule has 1 saturated heterocycles. The summed E-state index contributed by atoms with van der Waals surface area (Å²) in [4.78, 5) is 6.99. The summed E-state index contributed by atoms with van der Waals surface area (Å²) in [6, 6.07) is 5.10. The molecule has 8 heteroatoms. The van der Waals surface area contributed by atoms with Crippen molar-refractivity contribution in [2.75, 3.05) is 39.3 Å². The van der Waals surface area contributed by atoms with Crippen molar-refractivity contribution in [1.29, 1.82) is 0 Å². The molecule has 0 unspecified atom stereocenters. The minimum Gasteiger partial charge on any atom is -0.490 e. The third-order valence-corrected chi connectivity index (χ3v) is 4.46. The van der Waals surface area contributed by atoms with Crippen LogP contribution in [-0.4, -0.2) is 56.8 Å². The smallest absolute Gasteiger partial charge is 0.387 e. The molecule has 1 aromatic rings. The minimum atomic E-state index is -2.92. The van der Waals surface area contributed by atoms with E-state index in [4.69, 9.17) is 9.47 Å². The van der Waals surface area contributed by atoms with Gasteiger partial charge in [-0.2, -0.15) is 8.78 Å². The Morgan fingerprint density at radius 1 is 1.21 bits per heavy atom. The Kier molecular flexibility index (Phi) is 9.82. The number of hydrogen-bond acceptors (Lipinski definition) is 4. The van der Waals surface area contributed by atoms with Crippen molar-refractivity contribution in [1.82, 2.24) is 15.5 Å². The molecule has 1 fully saturated rings. The van der Waals surface area contributed by atoms with E-state index in [1.807, 2.05) is 6.92 Å². The maximum atomic E-state index is 12.8. The molecule has 1 aliphatic heterocycles.